The minimum atomic E-state index is -4.21. The van der Waals surface area contributed by atoms with Crippen LogP contribution in [0, 0.1) is 0 Å². The van der Waals surface area contributed by atoms with Crippen molar-refractivity contribution in [3.8, 4) is 5.75 Å². The molecular weight excluding hydrogens is 586 g/mol. The van der Waals surface area contributed by atoms with Crippen molar-refractivity contribution in [3.63, 3.8) is 0 Å². The van der Waals surface area contributed by atoms with Crippen molar-refractivity contribution in [1.29, 1.82) is 0 Å². The van der Waals surface area contributed by atoms with E-state index in [0.717, 1.165) is 41.1 Å². The van der Waals surface area contributed by atoms with E-state index in [0.29, 0.717) is 5.75 Å². The lowest BCUT2D eigenvalue weighted by molar-refractivity contribution is -0.140. The number of carbonyl (C=O) groups is 2. The third-order valence-corrected chi connectivity index (χ3v) is 9.91. The van der Waals surface area contributed by atoms with Crippen molar-refractivity contribution in [1.82, 2.24) is 10.2 Å². The van der Waals surface area contributed by atoms with Crippen molar-refractivity contribution in [2.45, 2.75) is 55.6 Å². The van der Waals surface area contributed by atoms with Gasteiger partial charge in [0.25, 0.3) is 10.0 Å². The number of ether oxygens (including phenoxy) is 1. The number of methoxy groups -OCH3 is 1. The summed E-state index contributed by atoms with van der Waals surface area (Å²) in [6, 6.07) is 32.9. The quantitative estimate of drug-likeness (QED) is 0.209. The van der Waals surface area contributed by atoms with Crippen LogP contribution in [-0.2, 0) is 32.6 Å². The van der Waals surface area contributed by atoms with E-state index < -0.39 is 28.5 Å². The zero-order valence-corrected chi connectivity index (χ0v) is 26.2. The number of sulfonamides is 1. The number of hydrogen-bond acceptors (Lipinski definition) is 5. The van der Waals surface area contributed by atoms with Crippen LogP contribution >= 0.6 is 0 Å². The number of nitrogens with zero attached hydrogens (tertiary/aromatic N) is 2. The molecule has 8 nitrogen and oxygen atoms in total. The normalized spacial score (nSPS) is 14.0. The molecule has 0 aromatic heterocycles. The highest BCUT2D eigenvalue weighted by atomic mass is 32.2. The maximum Gasteiger partial charge on any atom is 0.264 e. The number of benzene rings is 4. The van der Waals surface area contributed by atoms with E-state index in [1.807, 2.05) is 60.7 Å². The topological polar surface area (TPSA) is 96.0 Å². The van der Waals surface area contributed by atoms with Gasteiger partial charge >= 0.3 is 0 Å². The van der Waals surface area contributed by atoms with Crippen LogP contribution in [0.25, 0.3) is 0 Å². The first-order chi connectivity index (χ1) is 21.9. The Bertz CT molecular complexity index is 1660. The van der Waals surface area contributed by atoms with E-state index in [1.165, 1.54) is 24.1 Å². The van der Waals surface area contributed by atoms with Crippen LogP contribution < -0.4 is 14.4 Å². The molecule has 1 saturated carbocycles. The van der Waals surface area contributed by atoms with Crippen LogP contribution in [0.15, 0.2) is 120 Å². The molecule has 234 valence electrons. The first-order valence-corrected chi connectivity index (χ1v) is 16.7. The molecule has 0 spiro atoms. The number of anilines is 1. The summed E-state index contributed by atoms with van der Waals surface area (Å²) in [6.07, 6.45) is 4.16. The Hall–Kier alpha value is -4.63. The molecule has 0 bridgehead atoms. The van der Waals surface area contributed by atoms with Crippen molar-refractivity contribution < 1.29 is 22.7 Å². The molecule has 4 aromatic carbocycles. The van der Waals surface area contributed by atoms with Gasteiger partial charge in [-0.25, -0.2) is 8.42 Å². The molecule has 0 heterocycles. The summed E-state index contributed by atoms with van der Waals surface area (Å²) in [5.74, 6) is -0.448. The lowest BCUT2D eigenvalue weighted by Gasteiger charge is -2.34. The molecule has 4 aromatic rings. The number of para-hydroxylation sites is 2. The Morgan fingerprint density at radius 2 is 1.36 bits per heavy atom. The monoisotopic (exact) mass is 625 g/mol. The molecule has 1 aliphatic carbocycles. The van der Waals surface area contributed by atoms with Gasteiger partial charge in [0.1, 0.15) is 18.3 Å². The van der Waals surface area contributed by atoms with Crippen LogP contribution in [-0.4, -0.2) is 50.9 Å². The van der Waals surface area contributed by atoms with Gasteiger partial charge in [0, 0.05) is 19.0 Å². The molecule has 2 amide bonds. The second-order valence-electron chi connectivity index (χ2n) is 11.2. The Kier molecular flexibility index (Phi) is 10.5. The minimum absolute atomic E-state index is 0.0399. The molecule has 45 heavy (non-hydrogen) atoms. The highest BCUT2D eigenvalue weighted by Crippen LogP contribution is 2.32. The maximum absolute atomic E-state index is 14.6. The molecule has 1 fully saturated rings. The van der Waals surface area contributed by atoms with Gasteiger partial charge in [-0.3, -0.25) is 13.9 Å². The molecule has 1 atom stereocenters. The highest BCUT2D eigenvalue weighted by Gasteiger charge is 2.36. The zero-order valence-electron chi connectivity index (χ0n) is 25.4. The molecule has 1 unspecified atom stereocenters. The van der Waals surface area contributed by atoms with Crippen molar-refractivity contribution >= 4 is 27.5 Å². The molecule has 9 heteroatoms. The summed E-state index contributed by atoms with van der Waals surface area (Å²) in [5.41, 5.74) is 1.95. The van der Waals surface area contributed by atoms with Gasteiger partial charge in [-0.2, -0.15) is 0 Å². The number of amides is 2. The molecule has 1 aliphatic rings. The molecule has 5 rings (SSSR count). The SMILES string of the molecule is COc1ccccc1N(CC(=O)N(Cc1ccccc1)C(Cc1ccccc1)C(=O)NC1CCCC1)S(=O)(=O)c1ccccc1. The smallest absolute Gasteiger partial charge is 0.264 e. The van der Waals surface area contributed by atoms with Crippen molar-refractivity contribution in [2.75, 3.05) is 18.0 Å². The van der Waals surface area contributed by atoms with Gasteiger partial charge in [-0.15, -0.1) is 0 Å². The average molecular weight is 626 g/mol. The summed E-state index contributed by atoms with van der Waals surface area (Å²) in [6.45, 7) is -0.410. The third-order valence-electron chi connectivity index (χ3n) is 8.13. The zero-order chi connectivity index (χ0) is 31.6. The van der Waals surface area contributed by atoms with Crippen LogP contribution in [0.3, 0.4) is 0 Å². The lowest BCUT2D eigenvalue weighted by atomic mass is 10.0. The van der Waals surface area contributed by atoms with Crippen molar-refractivity contribution in [2.24, 2.45) is 0 Å². The number of nitrogens with one attached hydrogen (secondary N) is 1. The summed E-state index contributed by atoms with van der Waals surface area (Å²) < 4.78 is 34.9. The first-order valence-electron chi connectivity index (χ1n) is 15.3. The van der Waals surface area contributed by atoms with Gasteiger partial charge < -0.3 is 15.0 Å². The fourth-order valence-corrected chi connectivity index (χ4v) is 7.22. The Labute approximate surface area is 265 Å². The van der Waals surface area contributed by atoms with Gasteiger partial charge in [-0.1, -0.05) is 104 Å². The van der Waals surface area contributed by atoms with Crippen LogP contribution in [0.2, 0.25) is 0 Å². The Morgan fingerprint density at radius 1 is 0.800 bits per heavy atom. The third kappa shape index (κ3) is 7.91. The van der Waals surface area contributed by atoms with E-state index in [1.54, 1.807) is 42.5 Å². The standard InChI is InChI=1S/C36H39N3O5S/c1-44-34-24-14-13-23-32(34)39(45(42,43)31-21-9-4-10-22-31)27-35(40)38(26-29-17-7-3-8-18-29)33(25-28-15-5-2-6-16-28)36(41)37-30-19-11-12-20-30/h2-10,13-18,21-24,30,33H,11-12,19-20,25-27H2,1H3,(H,37,41). The number of carbonyl (C=O) groups excluding carboxylic acids is 2. The van der Waals surface area contributed by atoms with Gasteiger partial charge in [0.05, 0.1) is 17.7 Å². The Balaban J connectivity index is 1.57. The summed E-state index contributed by atoms with van der Waals surface area (Å²) >= 11 is 0. The average Bonchev–Trinajstić information content (AvgIpc) is 3.59. The molecule has 0 aliphatic heterocycles. The molecule has 0 saturated heterocycles. The predicted octanol–water partition coefficient (Wildman–Crippen LogP) is 5.59. The second-order valence-corrected chi connectivity index (χ2v) is 13.1. The predicted molar refractivity (Wildman–Crippen MR) is 175 cm³/mol. The molecule has 1 N–H and O–H groups in total. The maximum atomic E-state index is 14.6. The van der Waals surface area contributed by atoms with E-state index in [2.05, 4.69) is 5.32 Å². The fourth-order valence-electron chi connectivity index (χ4n) is 5.77. The van der Waals surface area contributed by atoms with Gasteiger partial charge in [-0.05, 0) is 48.2 Å². The number of rotatable bonds is 13. The van der Waals surface area contributed by atoms with Gasteiger partial charge in [0.2, 0.25) is 11.8 Å². The van der Waals surface area contributed by atoms with E-state index in [9.17, 15) is 18.0 Å². The van der Waals surface area contributed by atoms with E-state index >= 15 is 0 Å². The van der Waals surface area contributed by atoms with Crippen LogP contribution in [0.1, 0.15) is 36.8 Å². The summed E-state index contributed by atoms with van der Waals surface area (Å²) in [7, 11) is -2.75. The summed E-state index contributed by atoms with van der Waals surface area (Å²) in [4.78, 5) is 30.2. The van der Waals surface area contributed by atoms with Gasteiger partial charge in [0.15, 0.2) is 0 Å². The van der Waals surface area contributed by atoms with Crippen LogP contribution in [0.4, 0.5) is 5.69 Å². The lowest BCUT2D eigenvalue weighted by Crippen LogP contribution is -2.54. The van der Waals surface area contributed by atoms with Crippen molar-refractivity contribution in [3.05, 3.63) is 126 Å². The second kappa shape index (κ2) is 14.9. The first kappa shape index (κ1) is 31.8. The van der Waals surface area contributed by atoms with Crippen LogP contribution in [0.5, 0.6) is 5.75 Å². The summed E-state index contributed by atoms with van der Waals surface area (Å²) in [5, 5.41) is 3.20. The highest BCUT2D eigenvalue weighted by molar-refractivity contribution is 7.92. The molecule has 0 radical (unpaired) electrons. The number of hydrogen-bond donors (Lipinski definition) is 1. The fraction of sp³-hybridized carbons (Fsp3) is 0.278. The van der Waals surface area contributed by atoms with E-state index in [4.69, 9.17) is 4.74 Å². The Morgan fingerprint density at radius 3 is 1.98 bits per heavy atom. The molecular formula is C36H39N3O5S. The van der Waals surface area contributed by atoms with E-state index in [-0.39, 0.29) is 35.5 Å². The largest absolute Gasteiger partial charge is 0.495 e. The minimum Gasteiger partial charge on any atom is -0.495 e.